The number of hydrogen-bond acceptors (Lipinski definition) is 2. The van der Waals surface area contributed by atoms with Crippen LogP contribution in [0.4, 0.5) is 5.69 Å². The number of rotatable bonds is 7. The number of carbonyl (C=O) groups is 1. The lowest BCUT2D eigenvalue weighted by Gasteiger charge is -2.36. The molecule has 0 unspecified atom stereocenters. The van der Waals surface area contributed by atoms with Crippen LogP contribution < -0.4 is 10.1 Å². The van der Waals surface area contributed by atoms with Crippen LogP contribution in [0.2, 0.25) is 0 Å². The molecule has 3 nitrogen and oxygen atoms in total. The highest BCUT2D eigenvalue weighted by Crippen LogP contribution is 2.40. The Labute approximate surface area is 163 Å². The van der Waals surface area contributed by atoms with Crippen LogP contribution in [0.25, 0.3) is 0 Å². The van der Waals surface area contributed by atoms with Crippen LogP contribution in [0.5, 0.6) is 5.75 Å². The summed E-state index contributed by atoms with van der Waals surface area (Å²) in [6, 6.07) is 16.2. The van der Waals surface area contributed by atoms with Crippen LogP contribution in [0, 0.1) is 6.92 Å². The maximum atomic E-state index is 13.4. The van der Waals surface area contributed by atoms with Crippen molar-refractivity contribution in [3.8, 4) is 5.75 Å². The number of hydrogen-bond donors (Lipinski definition) is 1. The van der Waals surface area contributed by atoms with E-state index in [0.717, 1.165) is 62.1 Å². The van der Waals surface area contributed by atoms with E-state index in [4.69, 9.17) is 4.74 Å². The fourth-order valence-corrected chi connectivity index (χ4v) is 3.96. The lowest BCUT2D eigenvalue weighted by atomic mass is 9.68. The van der Waals surface area contributed by atoms with Gasteiger partial charge in [-0.25, -0.2) is 0 Å². The Balaban J connectivity index is 1.75. The molecule has 0 heterocycles. The van der Waals surface area contributed by atoms with Gasteiger partial charge in [-0.05, 0) is 56.0 Å². The molecule has 1 saturated carbocycles. The topological polar surface area (TPSA) is 38.3 Å². The van der Waals surface area contributed by atoms with E-state index >= 15 is 0 Å². The molecule has 1 aliphatic carbocycles. The first-order valence-electron chi connectivity index (χ1n) is 10.3. The van der Waals surface area contributed by atoms with Crippen molar-refractivity contribution in [2.75, 3.05) is 11.9 Å². The number of anilines is 1. The Morgan fingerprint density at radius 2 is 1.81 bits per heavy atom. The third-order valence-corrected chi connectivity index (χ3v) is 5.59. The number of unbranched alkanes of at least 4 members (excludes halogenated alkanes) is 1. The highest BCUT2D eigenvalue weighted by Gasteiger charge is 2.41. The van der Waals surface area contributed by atoms with Gasteiger partial charge in [-0.1, -0.05) is 62.4 Å². The van der Waals surface area contributed by atoms with Gasteiger partial charge in [-0.15, -0.1) is 0 Å². The maximum Gasteiger partial charge on any atom is 0.235 e. The first-order valence-corrected chi connectivity index (χ1v) is 10.3. The zero-order valence-electron chi connectivity index (χ0n) is 16.6. The maximum absolute atomic E-state index is 13.4. The highest BCUT2D eigenvalue weighted by atomic mass is 16.5. The molecule has 0 spiro atoms. The number of carbonyl (C=O) groups excluding carboxylic acids is 1. The van der Waals surface area contributed by atoms with Crippen molar-refractivity contribution in [1.29, 1.82) is 0 Å². The summed E-state index contributed by atoms with van der Waals surface area (Å²) in [6.07, 6.45) is 7.43. The third kappa shape index (κ3) is 4.71. The van der Waals surface area contributed by atoms with Gasteiger partial charge in [-0.3, -0.25) is 4.79 Å². The van der Waals surface area contributed by atoms with E-state index < -0.39 is 5.41 Å². The SMILES string of the molecule is CCCCOc1ccc(NC(=O)C2(c3cccc(C)c3)CCCCC2)cc1. The number of amides is 1. The molecule has 2 aromatic rings. The van der Waals surface area contributed by atoms with Crippen molar-refractivity contribution >= 4 is 11.6 Å². The molecule has 1 amide bonds. The van der Waals surface area contributed by atoms with Crippen molar-refractivity contribution < 1.29 is 9.53 Å². The minimum absolute atomic E-state index is 0.118. The van der Waals surface area contributed by atoms with Gasteiger partial charge >= 0.3 is 0 Å². The Morgan fingerprint density at radius 1 is 1.07 bits per heavy atom. The van der Waals surface area contributed by atoms with Crippen LogP contribution in [0.1, 0.15) is 63.0 Å². The third-order valence-electron chi connectivity index (χ3n) is 5.59. The second-order valence-corrected chi connectivity index (χ2v) is 7.69. The van der Waals surface area contributed by atoms with Gasteiger partial charge in [-0.2, -0.15) is 0 Å². The first kappa shape index (κ1) is 19.5. The fraction of sp³-hybridized carbons (Fsp3) is 0.458. The lowest BCUT2D eigenvalue weighted by molar-refractivity contribution is -0.122. The summed E-state index contributed by atoms with van der Waals surface area (Å²) >= 11 is 0. The van der Waals surface area contributed by atoms with Crippen LogP contribution in [-0.2, 0) is 10.2 Å². The first-order chi connectivity index (χ1) is 13.1. The molecule has 27 heavy (non-hydrogen) atoms. The monoisotopic (exact) mass is 365 g/mol. The van der Waals surface area contributed by atoms with Crippen molar-refractivity contribution in [2.45, 2.75) is 64.2 Å². The predicted molar refractivity (Wildman–Crippen MR) is 111 cm³/mol. The standard InChI is InChI=1S/C24H31NO2/c1-3-4-17-27-22-13-11-21(12-14-22)25-23(26)24(15-6-5-7-16-24)20-10-8-9-19(2)18-20/h8-14,18H,3-7,15-17H2,1-2H3,(H,25,26). The van der Waals surface area contributed by atoms with Crippen molar-refractivity contribution in [3.63, 3.8) is 0 Å². The Kier molecular flexibility index (Phi) is 6.54. The van der Waals surface area contributed by atoms with Crippen LogP contribution in [-0.4, -0.2) is 12.5 Å². The van der Waals surface area contributed by atoms with E-state index in [9.17, 15) is 4.79 Å². The number of nitrogens with one attached hydrogen (secondary N) is 1. The largest absolute Gasteiger partial charge is 0.494 e. The average molecular weight is 366 g/mol. The zero-order chi connectivity index (χ0) is 19.1. The minimum Gasteiger partial charge on any atom is -0.494 e. The molecule has 1 aliphatic rings. The number of benzene rings is 2. The normalized spacial score (nSPS) is 15.9. The van der Waals surface area contributed by atoms with Gasteiger partial charge in [0, 0.05) is 5.69 Å². The lowest BCUT2D eigenvalue weighted by Crippen LogP contribution is -2.42. The number of ether oxygens (including phenoxy) is 1. The summed E-state index contributed by atoms with van der Waals surface area (Å²) in [5.41, 5.74) is 2.78. The van der Waals surface area contributed by atoms with Crippen molar-refractivity contribution in [1.82, 2.24) is 0 Å². The van der Waals surface area contributed by atoms with E-state index in [1.807, 2.05) is 24.3 Å². The van der Waals surface area contributed by atoms with Gasteiger partial charge in [0.2, 0.25) is 5.91 Å². The summed E-state index contributed by atoms with van der Waals surface area (Å²) in [7, 11) is 0. The van der Waals surface area contributed by atoms with Gasteiger partial charge in [0.05, 0.1) is 12.0 Å². The molecule has 0 aromatic heterocycles. The predicted octanol–water partition coefficient (Wildman–Crippen LogP) is 6.01. The molecule has 3 rings (SSSR count). The Hall–Kier alpha value is -2.29. The summed E-state index contributed by atoms with van der Waals surface area (Å²) in [5, 5.41) is 3.17. The highest BCUT2D eigenvalue weighted by molar-refractivity contribution is 5.99. The quantitative estimate of drug-likeness (QED) is 0.610. The van der Waals surface area contributed by atoms with Crippen LogP contribution >= 0.6 is 0 Å². The summed E-state index contributed by atoms with van der Waals surface area (Å²) in [4.78, 5) is 13.4. The molecule has 0 saturated heterocycles. The van der Waals surface area contributed by atoms with Gasteiger partial charge < -0.3 is 10.1 Å². The second kappa shape index (κ2) is 9.07. The van der Waals surface area contributed by atoms with Crippen molar-refractivity contribution in [3.05, 3.63) is 59.7 Å². The second-order valence-electron chi connectivity index (χ2n) is 7.69. The van der Waals surface area contributed by atoms with E-state index in [-0.39, 0.29) is 5.91 Å². The van der Waals surface area contributed by atoms with Crippen LogP contribution in [0.3, 0.4) is 0 Å². The Morgan fingerprint density at radius 3 is 2.48 bits per heavy atom. The zero-order valence-corrected chi connectivity index (χ0v) is 16.6. The molecular formula is C24H31NO2. The molecule has 0 atom stereocenters. The van der Waals surface area contributed by atoms with Crippen LogP contribution in [0.15, 0.2) is 48.5 Å². The molecule has 3 heteroatoms. The molecule has 0 aliphatic heterocycles. The minimum atomic E-state index is -0.416. The van der Waals surface area contributed by atoms with Gasteiger partial charge in [0.1, 0.15) is 5.75 Å². The summed E-state index contributed by atoms with van der Waals surface area (Å²) in [6.45, 7) is 4.98. The molecular weight excluding hydrogens is 334 g/mol. The smallest absolute Gasteiger partial charge is 0.235 e. The van der Waals surface area contributed by atoms with E-state index in [2.05, 4.69) is 43.4 Å². The number of aryl methyl sites for hydroxylation is 1. The Bertz CT molecular complexity index is 745. The van der Waals surface area contributed by atoms with Gasteiger partial charge in [0.25, 0.3) is 0 Å². The molecule has 144 valence electrons. The molecule has 0 radical (unpaired) electrons. The van der Waals surface area contributed by atoms with E-state index in [1.54, 1.807) is 0 Å². The molecule has 2 aromatic carbocycles. The molecule has 1 N–H and O–H groups in total. The van der Waals surface area contributed by atoms with E-state index in [0.29, 0.717) is 0 Å². The van der Waals surface area contributed by atoms with Gasteiger partial charge in [0.15, 0.2) is 0 Å². The summed E-state index contributed by atoms with van der Waals surface area (Å²) in [5.74, 6) is 0.972. The molecule has 0 bridgehead atoms. The molecule has 1 fully saturated rings. The fourth-order valence-electron chi connectivity index (χ4n) is 3.96. The van der Waals surface area contributed by atoms with Crippen molar-refractivity contribution in [2.24, 2.45) is 0 Å². The average Bonchev–Trinajstić information content (AvgIpc) is 2.70. The summed E-state index contributed by atoms with van der Waals surface area (Å²) < 4.78 is 5.71. The van der Waals surface area contributed by atoms with E-state index in [1.165, 1.54) is 12.0 Å².